The van der Waals surface area contributed by atoms with Crippen LogP contribution in [0.25, 0.3) is 5.69 Å². The maximum absolute atomic E-state index is 6.09. The molecule has 2 aromatic carbocycles. The van der Waals surface area contributed by atoms with E-state index in [1.54, 1.807) is 0 Å². The summed E-state index contributed by atoms with van der Waals surface area (Å²) < 4.78 is 2.16. The second kappa shape index (κ2) is 5.55. The van der Waals surface area contributed by atoms with Gasteiger partial charge in [0.05, 0.1) is 21.4 Å². The van der Waals surface area contributed by atoms with Gasteiger partial charge in [0.25, 0.3) is 0 Å². The average molecular weight is 341 g/mol. The molecule has 3 aromatic rings. The van der Waals surface area contributed by atoms with E-state index in [1.807, 2.05) is 12.1 Å². The van der Waals surface area contributed by atoms with Gasteiger partial charge in [-0.05, 0) is 54.4 Å². The monoisotopic (exact) mass is 340 g/mol. The minimum absolute atomic E-state index is 0.550. The molecule has 0 amide bonds. The van der Waals surface area contributed by atoms with E-state index >= 15 is 0 Å². The summed E-state index contributed by atoms with van der Waals surface area (Å²) in [6.07, 6.45) is 2.85. The number of aliphatic imine (C=N–C) groups is 1. The number of rotatable bonds is 2. The second-order valence-electron chi connectivity index (χ2n) is 5.70. The van der Waals surface area contributed by atoms with Gasteiger partial charge >= 0.3 is 0 Å². The first-order valence-corrected chi connectivity index (χ1v) is 8.18. The van der Waals surface area contributed by atoms with Gasteiger partial charge in [0.1, 0.15) is 0 Å². The molecule has 0 atom stereocenters. The van der Waals surface area contributed by atoms with E-state index in [9.17, 15) is 0 Å². The molecule has 0 fully saturated rings. The SMILES string of the molecule is Cc1cccn1-c1ccc(C2=Nc3cc(Cl)c(Cl)cc3C2)cc1. The Morgan fingerprint density at radius 3 is 2.43 bits per heavy atom. The van der Waals surface area contributed by atoms with E-state index in [0.29, 0.717) is 10.0 Å². The second-order valence-corrected chi connectivity index (χ2v) is 6.51. The van der Waals surface area contributed by atoms with Gasteiger partial charge < -0.3 is 4.57 Å². The molecule has 1 aliphatic rings. The number of halogens is 2. The van der Waals surface area contributed by atoms with Crippen molar-refractivity contribution in [2.75, 3.05) is 0 Å². The summed E-state index contributed by atoms with van der Waals surface area (Å²) in [4.78, 5) is 4.70. The lowest BCUT2D eigenvalue weighted by molar-refractivity contribution is 1.02. The lowest BCUT2D eigenvalue weighted by Crippen LogP contribution is -2.01. The lowest BCUT2D eigenvalue weighted by atomic mass is 10.0. The third kappa shape index (κ3) is 2.58. The average Bonchev–Trinajstić information content (AvgIpc) is 3.14. The Bertz CT molecular complexity index is 921. The van der Waals surface area contributed by atoms with Gasteiger partial charge in [0, 0.05) is 24.0 Å². The molecule has 4 rings (SSSR count). The van der Waals surface area contributed by atoms with Crippen LogP contribution in [0.5, 0.6) is 0 Å². The highest BCUT2D eigenvalue weighted by Crippen LogP contribution is 2.35. The van der Waals surface area contributed by atoms with Gasteiger partial charge in [-0.3, -0.25) is 4.99 Å². The molecule has 0 unspecified atom stereocenters. The van der Waals surface area contributed by atoms with Crippen LogP contribution in [0.4, 0.5) is 5.69 Å². The van der Waals surface area contributed by atoms with Gasteiger partial charge in [0.2, 0.25) is 0 Å². The van der Waals surface area contributed by atoms with Crippen LogP contribution < -0.4 is 0 Å². The Morgan fingerprint density at radius 1 is 1.00 bits per heavy atom. The molecule has 1 aliphatic heterocycles. The van der Waals surface area contributed by atoms with Crippen LogP contribution in [0.1, 0.15) is 16.8 Å². The van der Waals surface area contributed by atoms with Crippen molar-refractivity contribution in [3.63, 3.8) is 0 Å². The maximum Gasteiger partial charge on any atom is 0.0685 e. The quantitative estimate of drug-likeness (QED) is 0.563. The van der Waals surface area contributed by atoms with E-state index in [0.717, 1.165) is 34.6 Å². The van der Waals surface area contributed by atoms with Crippen molar-refractivity contribution in [2.24, 2.45) is 4.99 Å². The molecule has 0 N–H and O–H groups in total. The number of hydrogen-bond donors (Lipinski definition) is 0. The number of fused-ring (bicyclic) bond motifs is 1. The van der Waals surface area contributed by atoms with E-state index in [2.05, 4.69) is 54.1 Å². The molecule has 4 heteroatoms. The molecule has 0 saturated heterocycles. The number of hydrogen-bond acceptors (Lipinski definition) is 1. The largest absolute Gasteiger partial charge is 0.321 e. The molecule has 23 heavy (non-hydrogen) atoms. The molecule has 2 nitrogen and oxygen atoms in total. The van der Waals surface area contributed by atoms with Crippen LogP contribution in [-0.2, 0) is 6.42 Å². The van der Waals surface area contributed by atoms with Crippen molar-refractivity contribution in [3.05, 3.63) is 81.6 Å². The van der Waals surface area contributed by atoms with Crippen molar-refractivity contribution in [3.8, 4) is 5.69 Å². The van der Waals surface area contributed by atoms with E-state index in [4.69, 9.17) is 28.2 Å². The Morgan fingerprint density at radius 2 is 1.74 bits per heavy atom. The van der Waals surface area contributed by atoms with Crippen molar-refractivity contribution in [1.29, 1.82) is 0 Å². The molecule has 0 radical (unpaired) electrons. The topological polar surface area (TPSA) is 17.3 Å². The number of nitrogens with zero attached hydrogens (tertiary/aromatic N) is 2. The molecular weight excluding hydrogens is 327 g/mol. The summed E-state index contributed by atoms with van der Waals surface area (Å²) in [5.41, 5.74) is 6.58. The Kier molecular flexibility index (Phi) is 3.51. The normalized spacial score (nSPS) is 13.1. The fourth-order valence-corrected chi connectivity index (χ4v) is 3.27. The minimum atomic E-state index is 0.550. The van der Waals surface area contributed by atoms with Gasteiger partial charge in [-0.15, -0.1) is 0 Å². The summed E-state index contributed by atoms with van der Waals surface area (Å²) in [7, 11) is 0. The molecule has 0 bridgehead atoms. The molecule has 0 spiro atoms. The van der Waals surface area contributed by atoms with Gasteiger partial charge in [-0.25, -0.2) is 0 Å². The molecular formula is C19H14Cl2N2. The first-order valence-electron chi connectivity index (χ1n) is 7.42. The summed E-state index contributed by atoms with van der Waals surface area (Å²) in [5, 5.41) is 1.13. The Balaban J connectivity index is 1.65. The van der Waals surface area contributed by atoms with Crippen LogP contribution in [0.2, 0.25) is 10.0 Å². The Labute approximate surface area is 145 Å². The third-order valence-electron chi connectivity index (χ3n) is 4.17. The number of aromatic nitrogens is 1. The fourth-order valence-electron chi connectivity index (χ4n) is 2.93. The molecule has 0 aliphatic carbocycles. The summed E-state index contributed by atoms with van der Waals surface area (Å²) in [5.74, 6) is 0. The Hall–Kier alpha value is -2.03. The van der Waals surface area contributed by atoms with E-state index in [-0.39, 0.29) is 0 Å². The van der Waals surface area contributed by atoms with Gasteiger partial charge in [0.15, 0.2) is 0 Å². The zero-order valence-electron chi connectivity index (χ0n) is 12.6. The van der Waals surface area contributed by atoms with Crippen molar-refractivity contribution in [1.82, 2.24) is 4.57 Å². The maximum atomic E-state index is 6.09. The molecule has 2 heterocycles. The van der Waals surface area contributed by atoms with Crippen LogP contribution in [0.15, 0.2) is 59.7 Å². The first-order chi connectivity index (χ1) is 11.1. The molecule has 114 valence electrons. The third-order valence-corrected chi connectivity index (χ3v) is 4.89. The summed E-state index contributed by atoms with van der Waals surface area (Å²) >= 11 is 12.2. The van der Waals surface area contributed by atoms with E-state index in [1.165, 1.54) is 5.69 Å². The van der Waals surface area contributed by atoms with Gasteiger partial charge in [-0.2, -0.15) is 0 Å². The van der Waals surface area contributed by atoms with Crippen molar-refractivity contribution < 1.29 is 0 Å². The van der Waals surface area contributed by atoms with Crippen LogP contribution in [0, 0.1) is 6.92 Å². The zero-order valence-corrected chi connectivity index (χ0v) is 14.1. The van der Waals surface area contributed by atoms with Crippen LogP contribution >= 0.6 is 23.2 Å². The highest BCUT2D eigenvalue weighted by Gasteiger charge is 2.18. The fraction of sp³-hybridized carbons (Fsp3) is 0.105. The predicted molar refractivity (Wildman–Crippen MR) is 96.9 cm³/mol. The zero-order chi connectivity index (χ0) is 16.0. The van der Waals surface area contributed by atoms with Crippen LogP contribution in [0.3, 0.4) is 0 Å². The van der Waals surface area contributed by atoms with Crippen molar-refractivity contribution in [2.45, 2.75) is 13.3 Å². The highest BCUT2D eigenvalue weighted by molar-refractivity contribution is 6.42. The van der Waals surface area contributed by atoms with Crippen LogP contribution in [-0.4, -0.2) is 10.3 Å². The molecule has 1 aromatic heterocycles. The number of benzene rings is 2. The first kappa shape index (κ1) is 14.6. The standard InChI is InChI=1S/C19H14Cl2N2/c1-12-3-2-8-23(12)15-6-4-13(5-7-15)18-10-14-9-16(20)17(21)11-19(14)22-18/h2-9,11H,10H2,1H3. The minimum Gasteiger partial charge on any atom is -0.321 e. The highest BCUT2D eigenvalue weighted by atomic mass is 35.5. The summed E-state index contributed by atoms with van der Waals surface area (Å²) in [6, 6.07) is 16.4. The predicted octanol–water partition coefficient (Wildman–Crippen LogP) is 5.77. The van der Waals surface area contributed by atoms with Gasteiger partial charge in [-0.1, -0.05) is 35.3 Å². The van der Waals surface area contributed by atoms with E-state index < -0.39 is 0 Å². The lowest BCUT2D eigenvalue weighted by Gasteiger charge is -2.07. The smallest absolute Gasteiger partial charge is 0.0685 e. The van der Waals surface area contributed by atoms with Crippen molar-refractivity contribution >= 4 is 34.6 Å². The molecule has 0 saturated carbocycles. The summed E-state index contributed by atoms with van der Waals surface area (Å²) in [6.45, 7) is 2.10. The number of aryl methyl sites for hydroxylation is 1.